The molecule has 1 unspecified atom stereocenters. The topological polar surface area (TPSA) is 90.4 Å². The Hall–Kier alpha value is -5.73. The number of ether oxygens (including phenoxy) is 1. The molecule has 8 nitrogen and oxygen atoms in total. The first-order valence-corrected chi connectivity index (χ1v) is 20.0. The summed E-state index contributed by atoms with van der Waals surface area (Å²) in [6.07, 6.45) is 2.72. The Labute approximate surface area is 328 Å². The molecule has 0 radical (unpaired) electrons. The summed E-state index contributed by atoms with van der Waals surface area (Å²) < 4.78 is 6.26. The molecule has 1 N–H and O–H groups in total. The molecular formula is C48H47N3O5. The van der Waals surface area contributed by atoms with Crippen LogP contribution in [0.15, 0.2) is 115 Å². The van der Waals surface area contributed by atoms with Crippen LogP contribution in [-0.2, 0) is 35.7 Å². The average Bonchev–Trinajstić information content (AvgIpc) is 3.55. The molecule has 1 saturated carbocycles. The smallest absolute Gasteiger partial charge is 0.255 e. The van der Waals surface area contributed by atoms with Crippen molar-refractivity contribution in [2.24, 2.45) is 0 Å². The molecule has 2 aliphatic carbocycles. The number of hydrogen-bond acceptors (Lipinski definition) is 7. The van der Waals surface area contributed by atoms with Gasteiger partial charge < -0.3 is 19.6 Å². The van der Waals surface area contributed by atoms with Gasteiger partial charge in [0.15, 0.2) is 5.78 Å². The monoisotopic (exact) mass is 745 g/mol. The number of rotatable bonds is 9. The minimum Gasteiger partial charge on any atom is -0.508 e. The predicted octanol–water partition coefficient (Wildman–Crippen LogP) is 7.80. The fourth-order valence-corrected chi connectivity index (χ4v) is 9.35. The summed E-state index contributed by atoms with van der Waals surface area (Å²) in [4.78, 5) is 44.0. The molecule has 8 heteroatoms. The molecule has 0 bridgehead atoms. The van der Waals surface area contributed by atoms with Gasteiger partial charge in [0.05, 0.1) is 12.5 Å². The summed E-state index contributed by atoms with van der Waals surface area (Å²) in [6, 6.07) is 39.5. The number of carbonyl (C=O) groups is 3. The Kier molecular flexibility index (Phi) is 9.90. The van der Waals surface area contributed by atoms with Crippen LogP contribution in [0.1, 0.15) is 86.8 Å². The van der Waals surface area contributed by atoms with Crippen molar-refractivity contribution in [3.05, 3.63) is 160 Å². The number of aromatic hydroxyl groups is 1. The molecular weight excluding hydrogens is 699 g/mol. The number of fused-ring (bicyclic) bond motifs is 2. The highest BCUT2D eigenvalue weighted by Crippen LogP contribution is 2.47. The second-order valence-corrected chi connectivity index (χ2v) is 15.9. The lowest BCUT2D eigenvalue weighted by atomic mass is 9.69. The second-order valence-electron chi connectivity index (χ2n) is 15.9. The maximum Gasteiger partial charge on any atom is 0.255 e. The van der Waals surface area contributed by atoms with Crippen LogP contribution in [-0.4, -0.2) is 64.6 Å². The van der Waals surface area contributed by atoms with Gasteiger partial charge in [0.1, 0.15) is 23.9 Å². The van der Waals surface area contributed by atoms with E-state index in [4.69, 9.17) is 4.74 Å². The zero-order valence-corrected chi connectivity index (χ0v) is 31.6. The first-order valence-electron chi connectivity index (χ1n) is 20.0. The number of benzene rings is 5. The van der Waals surface area contributed by atoms with Crippen molar-refractivity contribution < 1.29 is 24.2 Å². The van der Waals surface area contributed by atoms with Crippen LogP contribution < -0.4 is 9.64 Å². The number of Topliss-reactive ketones (excluding diaryl/α,β-unsaturated/α-hetero) is 2. The number of anilines is 1. The zero-order chi connectivity index (χ0) is 38.2. The molecule has 56 heavy (non-hydrogen) atoms. The molecule has 2 fully saturated rings. The number of amides is 1. The number of piperazine rings is 1. The van der Waals surface area contributed by atoms with Crippen LogP contribution in [0.2, 0.25) is 0 Å². The number of phenols is 1. The van der Waals surface area contributed by atoms with Gasteiger partial charge in [-0.15, -0.1) is 0 Å². The third-order valence-electron chi connectivity index (χ3n) is 12.4. The SMILES string of the molecule is O=C1CCC(N2Cc3cc(N4CCN(Cc5ccc(COc6ccc([C@@H]7c8ccc(O)cc8CC[C@@H]7c7ccccc7)cc6)cc5)CC4)ccc3C2=O)C(=O)C1. The molecule has 0 aromatic heterocycles. The number of nitrogens with zero attached hydrogens (tertiary/aromatic N) is 3. The lowest BCUT2D eigenvalue weighted by molar-refractivity contribution is -0.133. The van der Waals surface area contributed by atoms with Gasteiger partial charge in [0.2, 0.25) is 0 Å². The Morgan fingerprint density at radius 2 is 1.46 bits per heavy atom. The van der Waals surface area contributed by atoms with E-state index >= 15 is 0 Å². The highest BCUT2D eigenvalue weighted by atomic mass is 16.5. The molecule has 3 atom stereocenters. The third kappa shape index (κ3) is 7.33. The Bertz CT molecular complexity index is 2250. The minimum atomic E-state index is -0.489. The second kappa shape index (κ2) is 15.4. The first-order chi connectivity index (χ1) is 27.4. The fraction of sp³-hybridized carbons (Fsp3) is 0.312. The summed E-state index contributed by atoms with van der Waals surface area (Å²) in [5, 5.41) is 10.2. The molecule has 5 aromatic rings. The fourth-order valence-electron chi connectivity index (χ4n) is 9.35. The van der Waals surface area contributed by atoms with Crippen LogP contribution >= 0.6 is 0 Å². The van der Waals surface area contributed by atoms with E-state index in [0.29, 0.717) is 43.2 Å². The van der Waals surface area contributed by atoms with Crippen LogP contribution in [0.25, 0.3) is 0 Å². The molecule has 0 spiro atoms. The van der Waals surface area contributed by atoms with E-state index in [-0.39, 0.29) is 29.8 Å². The molecule has 284 valence electrons. The third-order valence-corrected chi connectivity index (χ3v) is 12.4. The lowest BCUT2D eigenvalue weighted by Gasteiger charge is -2.36. The van der Waals surface area contributed by atoms with Gasteiger partial charge >= 0.3 is 0 Å². The predicted molar refractivity (Wildman–Crippen MR) is 216 cm³/mol. The standard InChI is InChI=1S/C48H47N3O5/c52-39-14-20-43-36(27-39)12-18-42(34-4-2-1-3-5-34)47(43)35-10-16-41(17-11-35)56-31-33-8-6-32(7-9-33)29-49-22-24-50(25-23-49)38-13-19-44-37(26-38)30-51(48(44)55)45-21-15-40(53)28-46(45)54/h1-11,13-14,16-17,19-20,26-27,42,45,47,52H,12,15,18,21-25,28-31H2/t42-,45?,47+/m1/s1. The Morgan fingerprint density at radius 1 is 0.696 bits per heavy atom. The van der Waals surface area contributed by atoms with Crippen molar-refractivity contribution in [3.63, 3.8) is 0 Å². The van der Waals surface area contributed by atoms with Crippen molar-refractivity contribution in [2.45, 2.75) is 69.7 Å². The van der Waals surface area contributed by atoms with Gasteiger partial charge in [-0.2, -0.15) is 0 Å². The van der Waals surface area contributed by atoms with Gasteiger partial charge in [0.25, 0.3) is 5.91 Å². The van der Waals surface area contributed by atoms with Crippen LogP contribution in [0.5, 0.6) is 11.5 Å². The molecule has 1 amide bonds. The van der Waals surface area contributed by atoms with E-state index in [9.17, 15) is 19.5 Å². The summed E-state index contributed by atoms with van der Waals surface area (Å²) in [7, 11) is 0. The summed E-state index contributed by atoms with van der Waals surface area (Å²) in [5.74, 6) is 1.49. The molecule has 2 heterocycles. The normalized spacial score (nSPS) is 21.2. The number of carbonyl (C=O) groups excluding carboxylic acids is 3. The molecule has 4 aliphatic rings. The maximum atomic E-state index is 13.2. The Morgan fingerprint density at radius 3 is 2.23 bits per heavy atom. The van der Waals surface area contributed by atoms with E-state index < -0.39 is 6.04 Å². The van der Waals surface area contributed by atoms with E-state index in [1.165, 1.54) is 27.8 Å². The number of phenolic OH excluding ortho intramolecular Hbond substituents is 1. The molecule has 5 aromatic carbocycles. The van der Waals surface area contributed by atoms with E-state index in [1.807, 2.05) is 24.3 Å². The molecule has 9 rings (SSSR count). The highest BCUT2D eigenvalue weighted by Gasteiger charge is 2.39. The zero-order valence-electron chi connectivity index (χ0n) is 31.6. The summed E-state index contributed by atoms with van der Waals surface area (Å²) in [6.45, 7) is 5.48. The van der Waals surface area contributed by atoms with Crippen LogP contribution in [0.3, 0.4) is 0 Å². The van der Waals surface area contributed by atoms with Crippen molar-refractivity contribution in [2.75, 3.05) is 31.1 Å². The van der Waals surface area contributed by atoms with E-state index in [1.54, 1.807) is 4.90 Å². The van der Waals surface area contributed by atoms with Gasteiger partial charge in [-0.3, -0.25) is 19.3 Å². The Balaban J connectivity index is 0.775. The van der Waals surface area contributed by atoms with Crippen molar-refractivity contribution >= 4 is 23.2 Å². The largest absolute Gasteiger partial charge is 0.508 e. The first kappa shape index (κ1) is 35.9. The van der Waals surface area contributed by atoms with Gasteiger partial charge in [-0.1, -0.05) is 72.8 Å². The lowest BCUT2D eigenvalue weighted by Crippen LogP contribution is -2.46. The minimum absolute atomic E-state index is 0.0271. The van der Waals surface area contributed by atoms with E-state index in [2.05, 4.69) is 101 Å². The van der Waals surface area contributed by atoms with Crippen molar-refractivity contribution in [3.8, 4) is 11.5 Å². The molecule has 2 aliphatic heterocycles. The molecule has 1 saturated heterocycles. The van der Waals surface area contributed by atoms with Crippen molar-refractivity contribution in [1.29, 1.82) is 0 Å². The number of hydrogen-bond donors (Lipinski definition) is 1. The summed E-state index contributed by atoms with van der Waals surface area (Å²) in [5.41, 5.74) is 10.3. The summed E-state index contributed by atoms with van der Waals surface area (Å²) >= 11 is 0. The van der Waals surface area contributed by atoms with Crippen LogP contribution in [0.4, 0.5) is 5.69 Å². The van der Waals surface area contributed by atoms with Gasteiger partial charge in [0, 0.05) is 62.9 Å². The van der Waals surface area contributed by atoms with E-state index in [0.717, 1.165) is 68.1 Å². The van der Waals surface area contributed by atoms with Gasteiger partial charge in [-0.25, -0.2) is 0 Å². The van der Waals surface area contributed by atoms with Crippen molar-refractivity contribution in [1.82, 2.24) is 9.80 Å². The number of ketones is 2. The van der Waals surface area contributed by atoms with Gasteiger partial charge in [-0.05, 0) is 107 Å². The quantitative estimate of drug-likeness (QED) is 0.154. The highest BCUT2D eigenvalue weighted by molar-refractivity contribution is 6.07. The maximum absolute atomic E-state index is 13.2. The average molecular weight is 746 g/mol. The number of aryl methyl sites for hydroxylation is 1. The van der Waals surface area contributed by atoms with Crippen LogP contribution in [0, 0.1) is 0 Å².